The Morgan fingerprint density at radius 3 is 2.68 bits per heavy atom. The molecule has 1 saturated heterocycles. The summed E-state index contributed by atoms with van der Waals surface area (Å²) in [6, 6.07) is 5.86. The molecule has 0 unspecified atom stereocenters. The van der Waals surface area contributed by atoms with E-state index in [1.807, 2.05) is 23.1 Å². The Balaban J connectivity index is 1.76. The molecule has 0 aliphatic carbocycles. The molecule has 0 radical (unpaired) electrons. The Hall–Kier alpha value is -1.38. The van der Waals surface area contributed by atoms with Gasteiger partial charge < -0.3 is 4.90 Å². The normalized spacial score (nSPS) is 16.9. The summed E-state index contributed by atoms with van der Waals surface area (Å²) in [5.74, 6) is 1.82. The second-order valence-corrected chi connectivity index (χ2v) is 5.78. The number of carbonyl (C=O) groups excluding carboxylic acids is 1. The zero-order chi connectivity index (χ0) is 13.7. The molecular weight excluding hydrogens is 236 g/mol. The highest BCUT2D eigenvalue weighted by Gasteiger charge is 2.24. The Kier molecular flexibility index (Phi) is 4.94. The highest BCUT2D eigenvalue weighted by atomic mass is 16.2. The molecule has 3 nitrogen and oxygen atoms in total. The first-order valence-electron chi connectivity index (χ1n) is 7.34. The van der Waals surface area contributed by atoms with Gasteiger partial charge in [0.1, 0.15) is 0 Å². The molecule has 0 N–H and O–H groups in total. The first kappa shape index (κ1) is 14.0. The summed E-state index contributed by atoms with van der Waals surface area (Å²) < 4.78 is 0. The van der Waals surface area contributed by atoms with Gasteiger partial charge in [-0.2, -0.15) is 0 Å². The van der Waals surface area contributed by atoms with Crippen LogP contribution in [0.2, 0.25) is 0 Å². The van der Waals surface area contributed by atoms with Gasteiger partial charge in [-0.15, -0.1) is 0 Å². The number of rotatable bonds is 4. The van der Waals surface area contributed by atoms with Crippen LogP contribution in [0.25, 0.3) is 0 Å². The lowest BCUT2D eigenvalue weighted by Gasteiger charge is -2.34. The highest BCUT2D eigenvalue weighted by Crippen LogP contribution is 2.24. The molecule has 2 rings (SSSR count). The summed E-state index contributed by atoms with van der Waals surface area (Å²) in [6.45, 7) is 6.43. The van der Waals surface area contributed by atoms with Crippen molar-refractivity contribution in [1.82, 2.24) is 9.88 Å². The molecule has 0 atom stereocenters. The minimum absolute atomic E-state index is 0.285. The maximum absolute atomic E-state index is 12.1. The van der Waals surface area contributed by atoms with Crippen molar-refractivity contribution in [3.63, 3.8) is 0 Å². The number of pyridine rings is 1. The summed E-state index contributed by atoms with van der Waals surface area (Å²) in [5.41, 5.74) is 1.01. The van der Waals surface area contributed by atoms with Crippen LogP contribution in [-0.4, -0.2) is 28.9 Å². The van der Waals surface area contributed by atoms with Crippen LogP contribution in [0.4, 0.5) is 0 Å². The fourth-order valence-electron chi connectivity index (χ4n) is 2.75. The molecule has 3 heteroatoms. The van der Waals surface area contributed by atoms with Gasteiger partial charge in [-0.3, -0.25) is 9.78 Å². The minimum atomic E-state index is 0.285. The summed E-state index contributed by atoms with van der Waals surface area (Å²) in [6.07, 6.45) is 5.45. The average molecular weight is 260 g/mol. The third-order valence-corrected chi connectivity index (χ3v) is 4.16. The van der Waals surface area contributed by atoms with Crippen molar-refractivity contribution in [3.8, 4) is 0 Å². The van der Waals surface area contributed by atoms with E-state index in [0.29, 0.717) is 6.42 Å². The molecule has 1 aliphatic heterocycles. The van der Waals surface area contributed by atoms with Crippen molar-refractivity contribution >= 4 is 5.91 Å². The molecule has 0 aromatic carbocycles. The lowest BCUT2D eigenvalue weighted by atomic mass is 9.86. The van der Waals surface area contributed by atoms with Gasteiger partial charge in [-0.25, -0.2) is 0 Å². The second kappa shape index (κ2) is 6.69. The van der Waals surface area contributed by atoms with Gasteiger partial charge in [0, 0.05) is 31.4 Å². The largest absolute Gasteiger partial charge is 0.343 e. The smallest absolute Gasteiger partial charge is 0.222 e. The highest BCUT2D eigenvalue weighted by molar-refractivity contribution is 5.76. The van der Waals surface area contributed by atoms with E-state index in [2.05, 4.69) is 18.8 Å². The standard InChI is InChI=1S/C16H24N2O/c1-13(2)14-8-11-18(12-9-14)16(19)7-6-15-5-3-4-10-17-15/h3-5,10,13-14H,6-9,11-12H2,1-2H3. The lowest BCUT2D eigenvalue weighted by molar-refractivity contribution is -0.132. The molecule has 2 heterocycles. The van der Waals surface area contributed by atoms with Gasteiger partial charge in [-0.1, -0.05) is 19.9 Å². The van der Waals surface area contributed by atoms with Crippen LogP contribution in [0, 0.1) is 11.8 Å². The quantitative estimate of drug-likeness (QED) is 0.834. The van der Waals surface area contributed by atoms with Crippen LogP contribution in [-0.2, 0) is 11.2 Å². The van der Waals surface area contributed by atoms with Crippen LogP contribution in [0.3, 0.4) is 0 Å². The maximum atomic E-state index is 12.1. The molecule has 1 aromatic rings. The first-order chi connectivity index (χ1) is 9.16. The molecular formula is C16H24N2O. The molecule has 19 heavy (non-hydrogen) atoms. The van der Waals surface area contributed by atoms with E-state index < -0.39 is 0 Å². The molecule has 0 bridgehead atoms. The van der Waals surface area contributed by atoms with Crippen molar-refractivity contribution in [2.24, 2.45) is 11.8 Å². The predicted molar refractivity (Wildman–Crippen MR) is 76.7 cm³/mol. The summed E-state index contributed by atoms with van der Waals surface area (Å²) in [5, 5.41) is 0. The minimum Gasteiger partial charge on any atom is -0.343 e. The van der Waals surface area contributed by atoms with Crippen molar-refractivity contribution in [2.75, 3.05) is 13.1 Å². The zero-order valence-corrected chi connectivity index (χ0v) is 12.0. The van der Waals surface area contributed by atoms with E-state index in [0.717, 1.165) is 49.9 Å². The first-order valence-corrected chi connectivity index (χ1v) is 7.34. The number of hydrogen-bond acceptors (Lipinski definition) is 2. The average Bonchev–Trinajstić information content (AvgIpc) is 2.46. The van der Waals surface area contributed by atoms with E-state index in [1.54, 1.807) is 6.20 Å². The Morgan fingerprint density at radius 2 is 2.11 bits per heavy atom. The third kappa shape index (κ3) is 4.05. The molecule has 1 amide bonds. The number of aryl methyl sites for hydroxylation is 1. The Labute approximate surface area is 116 Å². The van der Waals surface area contributed by atoms with E-state index in [9.17, 15) is 4.79 Å². The number of piperidine rings is 1. The van der Waals surface area contributed by atoms with Crippen molar-refractivity contribution in [1.29, 1.82) is 0 Å². The van der Waals surface area contributed by atoms with E-state index >= 15 is 0 Å². The Bertz CT molecular complexity index is 394. The number of hydrogen-bond donors (Lipinski definition) is 0. The van der Waals surface area contributed by atoms with Gasteiger partial charge in [0.15, 0.2) is 0 Å². The summed E-state index contributed by atoms with van der Waals surface area (Å²) in [4.78, 5) is 18.4. The van der Waals surface area contributed by atoms with Gasteiger partial charge in [-0.05, 0) is 43.2 Å². The molecule has 104 valence electrons. The van der Waals surface area contributed by atoms with Gasteiger partial charge in [0.05, 0.1) is 0 Å². The maximum Gasteiger partial charge on any atom is 0.222 e. The second-order valence-electron chi connectivity index (χ2n) is 5.78. The molecule has 0 saturated carbocycles. The van der Waals surface area contributed by atoms with Crippen LogP contribution >= 0.6 is 0 Å². The number of carbonyl (C=O) groups is 1. The van der Waals surface area contributed by atoms with Crippen LogP contribution in [0.1, 0.15) is 38.8 Å². The lowest BCUT2D eigenvalue weighted by Crippen LogP contribution is -2.39. The third-order valence-electron chi connectivity index (χ3n) is 4.16. The predicted octanol–water partition coefficient (Wildman–Crippen LogP) is 2.91. The number of nitrogens with zero attached hydrogens (tertiary/aromatic N) is 2. The summed E-state index contributed by atoms with van der Waals surface area (Å²) in [7, 11) is 0. The van der Waals surface area contributed by atoms with Crippen LogP contribution < -0.4 is 0 Å². The Morgan fingerprint density at radius 1 is 1.37 bits per heavy atom. The topological polar surface area (TPSA) is 33.2 Å². The zero-order valence-electron chi connectivity index (χ0n) is 12.0. The molecule has 1 fully saturated rings. The number of amides is 1. The van der Waals surface area contributed by atoms with E-state index in [1.165, 1.54) is 0 Å². The van der Waals surface area contributed by atoms with Gasteiger partial charge >= 0.3 is 0 Å². The van der Waals surface area contributed by atoms with Crippen molar-refractivity contribution in [2.45, 2.75) is 39.5 Å². The van der Waals surface area contributed by atoms with Crippen LogP contribution in [0.5, 0.6) is 0 Å². The van der Waals surface area contributed by atoms with Gasteiger partial charge in [0.2, 0.25) is 5.91 Å². The van der Waals surface area contributed by atoms with E-state index in [-0.39, 0.29) is 5.91 Å². The fraction of sp³-hybridized carbons (Fsp3) is 0.625. The van der Waals surface area contributed by atoms with Crippen LogP contribution in [0.15, 0.2) is 24.4 Å². The fourth-order valence-corrected chi connectivity index (χ4v) is 2.75. The molecule has 1 aromatic heterocycles. The monoisotopic (exact) mass is 260 g/mol. The number of aromatic nitrogens is 1. The molecule has 0 spiro atoms. The van der Waals surface area contributed by atoms with Gasteiger partial charge in [0.25, 0.3) is 0 Å². The van der Waals surface area contributed by atoms with Crippen molar-refractivity contribution < 1.29 is 4.79 Å². The summed E-state index contributed by atoms with van der Waals surface area (Å²) >= 11 is 0. The van der Waals surface area contributed by atoms with E-state index in [4.69, 9.17) is 0 Å². The van der Waals surface area contributed by atoms with Crippen molar-refractivity contribution in [3.05, 3.63) is 30.1 Å². The SMILES string of the molecule is CC(C)C1CCN(C(=O)CCc2ccccn2)CC1. The number of likely N-dealkylation sites (tertiary alicyclic amines) is 1. The molecule has 1 aliphatic rings.